The molecule has 0 aromatic rings. The van der Waals surface area contributed by atoms with Crippen molar-refractivity contribution in [3.63, 3.8) is 0 Å². The molecule has 2 N–H and O–H groups in total. The predicted molar refractivity (Wildman–Crippen MR) is 133 cm³/mol. The molecule has 0 saturated carbocycles. The van der Waals surface area contributed by atoms with E-state index in [9.17, 15) is 4.79 Å². The zero-order valence-electron chi connectivity index (χ0n) is 19.2. The molecule has 0 bridgehead atoms. The van der Waals surface area contributed by atoms with Crippen LogP contribution in [-0.4, -0.2) is 74.0 Å². The van der Waals surface area contributed by atoms with Crippen molar-refractivity contribution < 1.29 is 4.79 Å². The van der Waals surface area contributed by atoms with Crippen LogP contribution >= 0.6 is 24.0 Å². The molecule has 1 amide bonds. The van der Waals surface area contributed by atoms with Crippen molar-refractivity contribution >= 4 is 35.8 Å². The number of carbonyl (C=O) groups excluding carboxylic acids is 1. The third kappa shape index (κ3) is 8.59. The number of nitrogens with one attached hydrogen (secondary N) is 2. The number of aliphatic imine (C=N–C) groups is 1. The van der Waals surface area contributed by atoms with Crippen LogP contribution in [0.4, 0.5) is 0 Å². The number of rotatable bonds is 7. The Morgan fingerprint density at radius 1 is 1.10 bits per heavy atom. The van der Waals surface area contributed by atoms with Gasteiger partial charge in [0.2, 0.25) is 5.91 Å². The largest absolute Gasteiger partial charge is 0.359 e. The van der Waals surface area contributed by atoms with E-state index in [1.807, 2.05) is 0 Å². The fourth-order valence-corrected chi connectivity index (χ4v) is 4.43. The van der Waals surface area contributed by atoms with Crippen LogP contribution in [0.1, 0.15) is 59.8 Å². The molecule has 1 atom stereocenters. The van der Waals surface area contributed by atoms with Gasteiger partial charge in [-0.3, -0.25) is 14.7 Å². The summed E-state index contributed by atoms with van der Waals surface area (Å²) in [6.07, 6.45) is 5.41. The maximum absolute atomic E-state index is 11.6. The highest BCUT2D eigenvalue weighted by molar-refractivity contribution is 14.0. The molecule has 6 nitrogen and oxygen atoms in total. The van der Waals surface area contributed by atoms with Crippen LogP contribution < -0.4 is 10.6 Å². The van der Waals surface area contributed by atoms with E-state index in [0.717, 1.165) is 50.9 Å². The topological polar surface area (TPSA) is 60.0 Å². The van der Waals surface area contributed by atoms with Gasteiger partial charge in [0, 0.05) is 39.1 Å². The minimum Gasteiger partial charge on any atom is -0.359 e. The molecule has 29 heavy (non-hydrogen) atoms. The molecular weight excluding hydrogens is 477 g/mol. The van der Waals surface area contributed by atoms with E-state index in [2.05, 4.69) is 48.1 Å². The molecule has 2 aliphatic heterocycles. The van der Waals surface area contributed by atoms with Crippen molar-refractivity contribution in [2.75, 3.05) is 46.3 Å². The maximum Gasteiger partial charge on any atom is 0.220 e. The van der Waals surface area contributed by atoms with E-state index in [1.165, 1.54) is 25.9 Å². The molecule has 0 aliphatic carbocycles. The lowest BCUT2D eigenvalue weighted by molar-refractivity contribution is -0.121. The number of carbonyl (C=O) groups is 1. The summed E-state index contributed by atoms with van der Waals surface area (Å²) in [6, 6.07) is 0.520. The monoisotopic (exact) mass is 521 g/mol. The number of halogens is 1. The Bertz CT molecular complexity index is 497. The number of hydrogen-bond acceptors (Lipinski definition) is 3. The van der Waals surface area contributed by atoms with Crippen molar-refractivity contribution in [3.8, 4) is 0 Å². The van der Waals surface area contributed by atoms with Crippen LogP contribution in [0, 0.1) is 17.8 Å². The second-order valence-electron chi connectivity index (χ2n) is 9.03. The number of piperidine rings is 2. The van der Waals surface area contributed by atoms with Gasteiger partial charge in [0.25, 0.3) is 0 Å². The third-order valence-corrected chi connectivity index (χ3v) is 6.49. The highest BCUT2D eigenvalue weighted by Crippen LogP contribution is 2.23. The molecule has 2 aliphatic rings. The Morgan fingerprint density at radius 2 is 1.72 bits per heavy atom. The molecule has 0 aromatic carbocycles. The van der Waals surface area contributed by atoms with Gasteiger partial charge in [-0.25, -0.2) is 0 Å². The quantitative estimate of drug-likeness (QED) is 0.307. The van der Waals surface area contributed by atoms with Crippen LogP contribution in [0.5, 0.6) is 0 Å². The normalized spacial score (nSPS) is 21.0. The molecule has 170 valence electrons. The Labute approximate surface area is 195 Å². The predicted octanol–water partition coefficient (Wildman–Crippen LogP) is 3.17. The molecular formula is C22H44IN5O. The summed E-state index contributed by atoms with van der Waals surface area (Å²) in [4.78, 5) is 21.8. The molecule has 2 rings (SSSR count). The summed E-state index contributed by atoms with van der Waals surface area (Å²) in [5, 5.41) is 6.25. The van der Waals surface area contributed by atoms with Gasteiger partial charge in [0.1, 0.15) is 0 Å². The van der Waals surface area contributed by atoms with Crippen LogP contribution in [0.2, 0.25) is 0 Å². The number of nitrogens with zero attached hydrogens (tertiary/aromatic N) is 3. The van der Waals surface area contributed by atoms with Crippen LogP contribution in [0.15, 0.2) is 4.99 Å². The van der Waals surface area contributed by atoms with Crippen LogP contribution in [-0.2, 0) is 4.79 Å². The first-order valence-corrected chi connectivity index (χ1v) is 11.4. The zero-order chi connectivity index (χ0) is 20.5. The first-order valence-electron chi connectivity index (χ1n) is 11.4. The minimum atomic E-state index is 0. The summed E-state index contributed by atoms with van der Waals surface area (Å²) >= 11 is 0. The van der Waals surface area contributed by atoms with Crippen molar-refractivity contribution in [1.82, 2.24) is 20.4 Å². The van der Waals surface area contributed by atoms with Gasteiger partial charge in [-0.1, -0.05) is 20.8 Å². The number of likely N-dealkylation sites (tertiary alicyclic amines) is 2. The molecule has 2 fully saturated rings. The summed E-state index contributed by atoms with van der Waals surface area (Å²) in [5.41, 5.74) is 0. The molecule has 2 heterocycles. The van der Waals surface area contributed by atoms with E-state index < -0.39 is 0 Å². The van der Waals surface area contributed by atoms with Gasteiger partial charge in [-0.15, -0.1) is 24.0 Å². The number of amides is 1. The molecule has 0 spiro atoms. The molecule has 2 saturated heterocycles. The van der Waals surface area contributed by atoms with Crippen molar-refractivity contribution in [1.29, 1.82) is 0 Å². The maximum atomic E-state index is 11.6. The average Bonchev–Trinajstić information content (AvgIpc) is 2.69. The lowest BCUT2D eigenvalue weighted by atomic mass is 9.93. The van der Waals surface area contributed by atoms with E-state index in [1.54, 1.807) is 7.05 Å². The third-order valence-electron chi connectivity index (χ3n) is 6.49. The van der Waals surface area contributed by atoms with Gasteiger partial charge in [-0.05, 0) is 63.5 Å². The standard InChI is InChI=1S/C22H43N5O.HI/c1-6-24-22(27-13-9-19(10-14-27)15-21(28)23-5)25-16-20(17(2)3)26-11-7-18(4)8-12-26;/h17-20H,6-16H2,1-5H3,(H,23,28)(H,24,25);1H. The van der Waals surface area contributed by atoms with Gasteiger partial charge in [0.15, 0.2) is 5.96 Å². The van der Waals surface area contributed by atoms with Gasteiger partial charge >= 0.3 is 0 Å². The minimum absolute atomic E-state index is 0. The first-order chi connectivity index (χ1) is 13.4. The SMILES string of the molecule is CCNC(=NCC(C(C)C)N1CCC(C)CC1)N1CCC(CC(=O)NC)CC1.I. The van der Waals surface area contributed by atoms with Crippen molar-refractivity contribution in [3.05, 3.63) is 0 Å². The van der Waals surface area contributed by atoms with E-state index in [-0.39, 0.29) is 29.9 Å². The lowest BCUT2D eigenvalue weighted by Crippen LogP contribution is -2.48. The van der Waals surface area contributed by atoms with Crippen LogP contribution in [0.3, 0.4) is 0 Å². The second-order valence-corrected chi connectivity index (χ2v) is 9.03. The first kappa shape index (κ1) is 26.5. The Morgan fingerprint density at radius 3 is 2.24 bits per heavy atom. The van der Waals surface area contributed by atoms with E-state index >= 15 is 0 Å². The Hall–Kier alpha value is -0.570. The fraction of sp³-hybridized carbons (Fsp3) is 0.909. The summed E-state index contributed by atoms with van der Waals surface area (Å²) in [6.45, 7) is 15.3. The summed E-state index contributed by atoms with van der Waals surface area (Å²) in [5.74, 6) is 3.18. The highest BCUT2D eigenvalue weighted by Gasteiger charge is 2.27. The number of guanidine groups is 1. The molecule has 0 radical (unpaired) electrons. The molecule has 1 unspecified atom stereocenters. The Balaban J connectivity index is 0.00000420. The lowest BCUT2D eigenvalue weighted by Gasteiger charge is -2.39. The van der Waals surface area contributed by atoms with Gasteiger partial charge in [0.05, 0.1) is 6.54 Å². The van der Waals surface area contributed by atoms with E-state index in [0.29, 0.717) is 24.3 Å². The van der Waals surface area contributed by atoms with Gasteiger partial charge < -0.3 is 15.5 Å². The molecule has 7 heteroatoms. The van der Waals surface area contributed by atoms with E-state index in [4.69, 9.17) is 4.99 Å². The fourth-order valence-electron chi connectivity index (χ4n) is 4.43. The zero-order valence-corrected chi connectivity index (χ0v) is 21.6. The molecule has 0 aromatic heterocycles. The Kier molecular flexibility index (Phi) is 12.5. The van der Waals surface area contributed by atoms with Crippen LogP contribution in [0.25, 0.3) is 0 Å². The summed E-state index contributed by atoms with van der Waals surface area (Å²) < 4.78 is 0. The smallest absolute Gasteiger partial charge is 0.220 e. The van der Waals surface area contributed by atoms with Crippen molar-refractivity contribution in [2.24, 2.45) is 22.7 Å². The summed E-state index contributed by atoms with van der Waals surface area (Å²) in [7, 11) is 1.72. The van der Waals surface area contributed by atoms with Crippen molar-refractivity contribution in [2.45, 2.75) is 65.8 Å². The van der Waals surface area contributed by atoms with Gasteiger partial charge in [-0.2, -0.15) is 0 Å². The average molecular weight is 522 g/mol. The second kappa shape index (κ2) is 13.7. The number of hydrogen-bond donors (Lipinski definition) is 2. The highest BCUT2D eigenvalue weighted by atomic mass is 127.